The Morgan fingerprint density at radius 2 is 2.04 bits per heavy atom. The average molecular weight is 339 g/mol. The van der Waals surface area contributed by atoms with Crippen molar-refractivity contribution in [3.8, 4) is 0 Å². The fraction of sp³-hybridized carbons (Fsp3) is 0.190. The smallest absolute Gasteiger partial charge is 0.339 e. The van der Waals surface area contributed by atoms with Crippen LogP contribution < -0.4 is 11.4 Å². The maximum Gasteiger partial charge on any atom is 0.339 e. The molecule has 2 N–H and O–H groups in total. The van der Waals surface area contributed by atoms with Crippen LogP contribution in [0, 0.1) is 5.82 Å². The molecular formula is C21H22FNO2. The number of rotatable bonds is 4. The summed E-state index contributed by atoms with van der Waals surface area (Å²) in [5, 5.41) is 0.562. The van der Waals surface area contributed by atoms with Gasteiger partial charge in [0.25, 0.3) is 0 Å². The van der Waals surface area contributed by atoms with Gasteiger partial charge in [0.15, 0.2) is 0 Å². The number of halogens is 1. The zero-order chi connectivity index (χ0) is 17.3. The second kappa shape index (κ2) is 7.34. The van der Waals surface area contributed by atoms with Crippen LogP contribution in [-0.4, -0.2) is 0 Å². The Morgan fingerprint density at radius 1 is 1.28 bits per heavy atom. The first-order chi connectivity index (χ1) is 11.5. The van der Waals surface area contributed by atoms with Crippen molar-refractivity contribution in [1.82, 2.24) is 0 Å². The first-order valence-electron chi connectivity index (χ1n) is 7.72. The molecule has 0 bridgehead atoms. The molecule has 0 aliphatic heterocycles. The third kappa shape index (κ3) is 3.79. The van der Waals surface area contributed by atoms with Crippen LogP contribution in [0.3, 0.4) is 0 Å². The van der Waals surface area contributed by atoms with Gasteiger partial charge in [0.05, 0.1) is 0 Å². The number of benzene rings is 2. The Labute approximate surface area is 146 Å². The number of nitrogens with two attached hydrogens (primary N) is 1. The van der Waals surface area contributed by atoms with Gasteiger partial charge in [-0.3, -0.25) is 0 Å². The molecule has 0 fully saturated rings. The third-order valence-corrected chi connectivity index (χ3v) is 4.15. The van der Waals surface area contributed by atoms with Gasteiger partial charge in [-0.25, -0.2) is 9.18 Å². The molecule has 0 aliphatic rings. The Kier molecular flexibility index (Phi) is 5.42. The van der Waals surface area contributed by atoms with Crippen molar-refractivity contribution in [3.05, 3.63) is 82.0 Å². The van der Waals surface area contributed by atoms with Gasteiger partial charge in [-0.1, -0.05) is 39.1 Å². The van der Waals surface area contributed by atoms with E-state index < -0.39 is 5.63 Å². The predicted molar refractivity (Wildman–Crippen MR) is 102 cm³/mol. The Bertz CT molecular complexity index is 975. The molecule has 3 aromatic rings. The van der Waals surface area contributed by atoms with Gasteiger partial charge < -0.3 is 10.2 Å². The monoisotopic (exact) mass is 339 g/mol. The summed E-state index contributed by atoms with van der Waals surface area (Å²) in [4.78, 5) is 12.2. The SMILES string of the molecule is C.C=Cc1cc2oc(=O)c(CC(C)c3cccc(N)c3)cc2cc1F. The van der Waals surface area contributed by atoms with Crippen LogP contribution in [0.5, 0.6) is 0 Å². The Morgan fingerprint density at radius 3 is 2.72 bits per heavy atom. The molecule has 1 atom stereocenters. The van der Waals surface area contributed by atoms with Crippen LogP contribution in [-0.2, 0) is 6.42 Å². The van der Waals surface area contributed by atoms with Crippen LogP contribution in [0.4, 0.5) is 10.1 Å². The second-order valence-electron chi connectivity index (χ2n) is 5.95. The first-order valence-corrected chi connectivity index (χ1v) is 7.72. The molecule has 0 spiro atoms. The molecule has 0 radical (unpaired) electrons. The van der Waals surface area contributed by atoms with Crippen LogP contribution in [0.25, 0.3) is 17.0 Å². The van der Waals surface area contributed by atoms with Crippen molar-refractivity contribution < 1.29 is 8.81 Å². The number of fused-ring (bicyclic) bond motifs is 1. The molecule has 0 saturated heterocycles. The Balaban J connectivity index is 0.00000225. The molecule has 4 heteroatoms. The highest BCUT2D eigenvalue weighted by Crippen LogP contribution is 2.24. The van der Waals surface area contributed by atoms with Crippen LogP contribution in [0.1, 0.15) is 37.0 Å². The lowest BCUT2D eigenvalue weighted by Crippen LogP contribution is -2.11. The van der Waals surface area contributed by atoms with Crippen molar-refractivity contribution in [2.75, 3.05) is 5.73 Å². The second-order valence-corrected chi connectivity index (χ2v) is 5.95. The van der Waals surface area contributed by atoms with Gasteiger partial charge in [-0.2, -0.15) is 0 Å². The lowest BCUT2D eigenvalue weighted by Gasteiger charge is -2.12. The summed E-state index contributed by atoms with van der Waals surface area (Å²) < 4.78 is 19.3. The number of hydrogen-bond acceptors (Lipinski definition) is 3. The molecule has 0 aliphatic carbocycles. The summed E-state index contributed by atoms with van der Waals surface area (Å²) >= 11 is 0. The molecule has 0 amide bonds. The van der Waals surface area contributed by atoms with Crippen molar-refractivity contribution in [2.45, 2.75) is 26.7 Å². The molecule has 2 aromatic carbocycles. The van der Waals surface area contributed by atoms with E-state index in [0.717, 1.165) is 5.56 Å². The molecular weight excluding hydrogens is 317 g/mol. The summed E-state index contributed by atoms with van der Waals surface area (Å²) in [6.07, 6.45) is 1.89. The molecule has 3 rings (SSSR count). The highest BCUT2D eigenvalue weighted by Gasteiger charge is 2.13. The fourth-order valence-corrected chi connectivity index (χ4v) is 2.81. The van der Waals surface area contributed by atoms with Crippen molar-refractivity contribution >= 4 is 22.7 Å². The average Bonchev–Trinajstić information content (AvgIpc) is 2.55. The van der Waals surface area contributed by atoms with Gasteiger partial charge >= 0.3 is 5.63 Å². The van der Waals surface area contributed by atoms with E-state index in [-0.39, 0.29) is 19.2 Å². The Hall–Kier alpha value is -2.88. The van der Waals surface area contributed by atoms with Crippen LogP contribution >= 0.6 is 0 Å². The lowest BCUT2D eigenvalue weighted by atomic mass is 9.93. The number of anilines is 1. The normalized spacial score (nSPS) is 11.8. The maximum absolute atomic E-state index is 13.9. The standard InChI is InChI=1S/C20H18FNO2.CH4/c1-3-13-11-19-15(10-18(13)21)8-16(20(23)24-19)7-12(2)14-5-4-6-17(22)9-14;/h3-6,8-12H,1,7,22H2,2H3;1H4. The predicted octanol–water partition coefficient (Wildman–Crippen LogP) is 5.14. The first kappa shape index (κ1) is 18.5. The fourth-order valence-electron chi connectivity index (χ4n) is 2.81. The van der Waals surface area contributed by atoms with Crippen molar-refractivity contribution in [2.24, 2.45) is 0 Å². The summed E-state index contributed by atoms with van der Waals surface area (Å²) in [7, 11) is 0. The van der Waals surface area contributed by atoms with Gasteiger partial charge in [0.2, 0.25) is 0 Å². The lowest BCUT2D eigenvalue weighted by molar-refractivity contribution is 0.543. The number of nitrogen functional groups attached to an aromatic ring is 1. The van der Waals surface area contributed by atoms with Crippen molar-refractivity contribution in [3.63, 3.8) is 0 Å². The van der Waals surface area contributed by atoms with E-state index in [4.69, 9.17) is 10.2 Å². The van der Waals surface area contributed by atoms with Gasteiger partial charge in [-0.15, -0.1) is 0 Å². The van der Waals surface area contributed by atoms with Crippen LogP contribution in [0.15, 0.2) is 58.3 Å². The van der Waals surface area contributed by atoms with E-state index in [2.05, 4.69) is 6.58 Å². The van der Waals surface area contributed by atoms with E-state index in [1.54, 1.807) is 6.07 Å². The topological polar surface area (TPSA) is 56.2 Å². The molecule has 1 aromatic heterocycles. The molecule has 3 nitrogen and oxygen atoms in total. The number of hydrogen-bond donors (Lipinski definition) is 1. The third-order valence-electron chi connectivity index (χ3n) is 4.15. The summed E-state index contributed by atoms with van der Waals surface area (Å²) in [6, 6.07) is 12.1. The minimum absolute atomic E-state index is 0. The minimum Gasteiger partial charge on any atom is -0.423 e. The van der Waals surface area contributed by atoms with E-state index >= 15 is 0 Å². The van der Waals surface area contributed by atoms with Gasteiger partial charge in [0, 0.05) is 22.2 Å². The molecule has 1 unspecified atom stereocenters. The quantitative estimate of drug-likeness (QED) is 0.529. The zero-order valence-corrected chi connectivity index (χ0v) is 13.4. The summed E-state index contributed by atoms with van der Waals surface area (Å²) in [5.74, 6) is -0.299. The molecule has 0 saturated carbocycles. The molecule has 130 valence electrons. The summed E-state index contributed by atoms with van der Waals surface area (Å²) in [6.45, 7) is 5.56. The van der Waals surface area contributed by atoms with E-state index in [1.165, 1.54) is 18.2 Å². The maximum atomic E-state index is 13.9. The largest absolute Gasteiger partial charge is 0.423 e. The molecule has 1 heterocycles. The highest BCUT2D eigenvalue weighted by molar-refractivity contribution is 5.80. The van der Waals surface area contributed by atoms with E-state index in [1.807, 2.05) is 31.2 Å². The van der Waals surface area contributed by atoms with E-state index in [0.29, 0.717) is 34.2 Å². The van der Waals surface area contributed by atoms with E-state index in [9.17, 15) is 9.18 Å². The summed E-state index contributed by atoms with van der Waals surface area (Å²) in [5.41, 5.74) is 8.32. The zero-order valence-electron chi connectivity index (χ0n) is 13.4. The minimum atomic E-state index is -0.403. The van der Waals surface area contributed by atoms with Crippen molar-refractivity contribution in [1.29, 1.82) is 0 Å². The van der Waals surface area contributed by atoms with Gasteiger partial charge in [0.1, 0.15) is 11.4 Å². The van der Waals surface area contributed by atoms with Crippen LogP contribution in [0.2, 0.25) is 0 Å². The van der Waals surface area contributed by atoms with Gasteiger partial charge in [-0.05, 0) is 48.2 Å². The highest BCUT2D eigenvalue weighted by atomic mass is 19.1. The molecule has 25 heavy (non-hydrogen) atoms.